The zero-order chi connectivity index (χ0) is 14.6. The summed E-state index contributed by atoms with van der Waals surface area (Å²) in [6, 6.07) is -0.972. The second-order valence-electron chi connectivity index (χ2n) is 5.11. The predicted molar refractivity (Wildman–Crippen MR) is 70.3 cm³/mol. The van der Waals surface area contributed by atoms with E-state index in [0.717, 1.165) is 11.4 Å². The summed E-state index contributed by atoms with van der Waals surface area (Å²) in [6.07, 6.45) is -0.518. The molecule has 0 aliphatic carbocycles. The summed E-state index contributed by atoms with van der Waals surface area (Å²) in [5.74, 6) is 0.288. The van der Waals surface area contributed by atoms with Crippen LogP contribution in [0.15, 0.2) is 16.4 Å². The van der Waals surface area contributed by atoms with E-state index in [1.807, 2.05) is 23.6 Å². The lowest BCUT2D eigenvalue weighted by Crippen LogP contribution is -2.63. The van der Waals surface area contributed by atoms with E-state index in [-0.39, 0.29) is 12.5 Å². The highest BCUT2D eigenvalue weighted by molar-refractivity contribution is 6.05. The molecule has 8 heteroatoms. The van der Waals surface area contributed by atoms with Crippen LogP contribution in [-0.2, 0) is 4.79 Å². The van der Waals surface area contributed by atoms with E-state index in [4.69, 9.17) is 0 Å². The zero-order valence-corrected chi connectivity index (χ0v) is 11.6. The number of imide groups is 1. The van der Waals surface area contributed by atoms with Crippen molar-refractivity contribution in [3.8, 4) is 0 Å². The number of carbonyl (C=O) groups excluding carboxylic acids is 2. The van der Waals surface area contributed by atoms with E-state index in [1.165, 1.54) is 4.90 Å². The first-order chi connectivity index (χ1) is 9.47. The highest BCUT2D eigenvalue weighted by atomic mass is 16.3. The third-order valence-corrected chi connectivity index (χ3v) is 4.09. The number of urea groups is 1. The number of aliphatic imine (C=N–C) groups is 1. The molecule has 0 aromatic rings. The Balaban J connectivity index is 2.02. The van der Waals surface area contributed by atoms with Crippen molar-refractivity contribution in [2.75, 3.05) is 20.2 Å². The van der Waals surface area contributed by atoms with Crippen molar-refractivity contribution in [3.05, 3.63) is 11.4 Å². The lowest BCUT2D eigenvalue weighted by atomic mass is 10.1. The molecule has 108 valence electrons. The molecule has 2 unspecified atom stereocenters. The molecule has 0 radical (unpaired) electrons. The standard InChI is InChI=1S/C12H17N5O3/c1-6-7(2)17-8-9(13-11(17)16(6)4-5-18)15(3)12(20)14-10(8)19/h8-9,18H,4-5H2,1-3H3,(H,14,19,20). The third-order valence-electron chi connectivity index (χ3n) is 4.09. The predicted octanol–water partition coefficient (Wildman–Crippen LogP) is -0.906. The number of likely N-dealkylation sites (N-methyl/N-ethyl adjacent to an activating group) is 1. The maximum Gasteiger partial charge on any atom is 0.325 e. The molecule has 3 aliphatic heterocycles. The number of carbonyl (C=O) groups is 2. The van der Waals surface area contributed by atoms with Crippen molar-refractivity contribution < 1.29 is 14.7 Å². The Bertz CT molecular complexity index is 555. The number of guanidine groups is 1. The highest BCUT2D eigenvalue weighted by Gasteiger charge is 2.52. The van der Waals surface area contributed by atoms with Crippen LogP contribution in [0.2, 0.25) is 0 Å². The molecule has 20 heavy (non-hydrogen) atoms. The van der Waals surface area contributed by atoms with Gasteiger partial charge in [-0.25, -0.2) is 9.79 Å². The quantitative estimate of drug-likeness (QED) is 0.683. The average molecular weight is 279 g/mol. The SMILES string of the molecule is CC1=C(C)N2C(=NC3C2C(=O)NC(=O)N3C)N1CCO. The zero-order valence-electron chi connectivity index (χ0n) is 11.6. The fourth-order valence-electron chi connectivity index (χ4n) is 2.89. The van der Waals surface area contributed by atoms with Gasteiger partial charge < -0.3 is 14.9 Å². The van der Waals surface area contributed by atoms with Gasteiger partial charge in [-0.05, 0) is 13.8 Å². The van der Waals surface area contributed by atoms with Gasteiger partial charge in [-0.15, -0.1) is 0 Å². The van der Waals surface area contributed by atoms with Crippen LogP contribution in [0, 0.1) is 0 Å². The summed E-state index contributed by atoms with van der Waals surface area (Å²) >= 11 is 0. The number of hydrogen-bond acceptors (Lipinski definition) is 6. The topological polar surface area (TPSA) is 88.5 Å². The van der Waals surface area contributed by atoms with Gasteiger partial charge in [0.2, 0.25) is 5.96 Å². The van der Waals surface area contributed by atoms with Crippen LogP contribution in [0.3, 0.4) is 0 Å². The number of amides is 3. The number of allylic oxidation sites excluding steroid dienone is 2. The van der Waals surface area contributed by atoms with Gasteiger partial charge in [0.15, 0.2) is 12.2 Å². The summed E-state index contributed by atoms with van der Waals surface area (Å²) in [5.41, 5.74) is 1.88. The average Bonchev–Trinajstić information content (AvgIpc) is 2.89. The van der Waals surface area contributed by atoms with Crippen molar-refractivity contribution in [2.45, 2.75) is 26.1 Å². The molecule has 0 aromatic carbocycles. The molecule has 1 saturated heterocycles. The first kappa shape index (κ1) is 12.9. The normalized spacial score (nSPS) is 28.8. The fraction of sp³-hybridized carbons (Fsp3) is 0.583. The Hall–Kier alpha value is -2.09. The van der Waals surface area contributed by atoms with Crippen molar-refractivity contribution in [2.24, 2.45) is 4.99 Å². The number of nitrogens with one attached hydrogen (secondary N) is 1. The third kappa shape index (κ3) is 1.48. The van der Waals surface area contributed by atoms with Gasteiger partial charge in [0.25, 0.3) is 5.91 Å². The number of rotatable bonds is 2. The second-order valence-corrected chi connectivity index (χ2v) is 5.11. The van der Waals surface area contributed by atoms with Gasteiger partial charge >= 0.3 is 6.03 Å². The number of hydrogen-bond donors (Lipinski definition) is 2. The lowest BCUT2D eigenvalue weighted by Gasteiger charge is -2.35. The number of aliphatic hydroxyl groups excluding tert-OH is 1. The Kier molecular flexibility index (Phi) is 2.72. The molecule has 3 rings (SSSR count). The minimum absolute atomic E-state index is 0.00617. The van der Waals surface area contributed by atoms with Crippen LogP contribution in [-0.4, -0.2) is 70.1 Å². The van der Waals surface area contributed by atoms with E-state index < -0.39 is 18.2 Å². The van der Waals surface area contributed by atoms with Crippen LogP contribution < -0.4 is 5.32 Å². The molecule has 1 fully saturated rings. The van der Waals surface area contributed by atoms with Crippen molar-refractivity contribution in [1.82, 2.24) is 20.0 Å². The molecule has 2 atom stereocenters. The Morgan fingerprint density at radius 1 is 1.30 bits per heavy atom. The largest absolute Gasteiger partial charge is 0.395 e. The van der Waals surface area contributed by atoms with Gasteiger partial charge in [-0.3, -0.25) is 15.0 Å². The molecule has 3 heterocycles. The molecule has 0 bridgehead atoms. The van der Waals surface area contributed by atoms with E-state index in [0.29, 0.717) is 12.5 Å². The molecule has 0 spiro atoms. The van der Waals surface area contributed by atoms with Gasteiger partial charge in [-0.2, -0.15) is 0 Å². The molecular formula is C12H17N5O3. The van der Waals surface area contributed by atoms with Crippen LogP contribution in [0.5, 0.6) is 0 Å². The molecular weight excluding hydrogens is 262 g/mol. The van der Waals surface area contributed by atoms with Gasteiger partial charge in [0.05, 0.1) is 6.61 Å². The minimum Gasteiger partial charge on any atom is -0.395 e. The van der Waals surface area contributed by atoms with E-state index in [9.17, 15) is 14.7 Å². The molecule has 2 N–H and O–H groups in total. The second kappa shape index (κ2) is 4.20. The van der Waals surface area contributed by atoms with E-state index in [2.05, 4.69) is 10.3 Å². The molecule has 8 nitrogen and oxygen atoms in total. The molecule has 0 aromatic heterocycles. The fourth-order valence-corrected chi connectivity index (χ4v) is 2.89. The van der Waals surface area contributed by atoms with Crippen molar-refractivity contribution >= 4 is 17.9 Å². The summed E-state index contributed by atoms with van der Waals surface area (Å²) < 4.78 is 0. The number of nitrogens with zero attached hydrogens (tertiary/aromatic N) is 4. The lowest BCUT2D eigenvalue weighted by molar-refractivity contribution is -0.126. The van der Waals surface area contributed by atoms with Gasteiger partial charge in [0, 0.05) is 25.0 Å². The van der Waals surface area contributed by atoms with E-state index in [1.54, 1.807) is 7.05 Å². The summed E-state index contributed by atoms with van der Waals surface area (Å²) in [6.45, 7) is 4.25. The number of β-amino-alcohol motifs (C(OH)–C–C–N with tert-alkyl or cyclic N) is 1. The molecule has 3 aliphatic rings. The minimum atomic E-state index is -0.536. The van der Waals surface area contributed by atoms with Crippen LogP contribution in [0.4, 0.5) is 4.79 Å². The monoisotopic (exact) mass is 279 g/mol. The summed E-state index contributed by atoms with van der Waals surface area (Å²) in [7, 11) is 1.62. The molecule has 3 amide bonds. The maximum atomic E-state index is 12.1. The Labute approximate surface area is 116 Å². The van der Waals surface area contributed by atoms with Crippen LogP contribution >= 0.6 is 0 Å². The maximum absolute atomic E-state index is 12.1. The van der Waals surface area contributed by atoms with Crippen LogP contribution in [0.25, 0.3) is 0 Å². The van der Waals surface area contributed by atoms with Crippen molar-refractivity contribution in [3.63, 3.8) is 0 Å². The molecule has 0 saturated carbocycles. The number of aliphatic hydroxyl groups is 1. The summed E-state index contributed by atoms with van der Waals surface area (Å²) in [5, 5.41) is 11.5. The Morgan fingerprint density at radius 2 is 2.00 bits per heavy atom. The summed E-state index contributed by atoms with van der Waals surface area (Å²) in [4.78, 5) is 33.4. The van der Waals surface area contributed by atoms with Gasteiger partial charge in [-0.1, -0.05) is 0 Å². The Morgan fingerprint density at radius 3 is 2.65 bits per heavy atom. The van der Waals surface area contributed by atoms with Crippen LogP contribution in [0.1, 0.15) is 13.8 Å². The van der Waals surface area contributed by atoms with Crippen molar-refractivity contribution in [1.29, 1.82) is 0 Å². The van der Waals surface area contributed by atoms with Gasteiger partial charge in [0.1, 0.15) is 0 Å². The first-order valence-electron chi connectivity index (χ1n) is 6.48. The van der Waals surface area contributed by atoms with E-state index >= 15 is 0 Å². The first-order valence-corrected chi connectivity index (χ1v) is 6.48. The smallest absolute Gasteiger partial charge is 0.325 e. The number of fused-ring (bicyclic) bond motifs is 3. The highest BCUT2D eigenvalue weighted by Crippen LogP contribution is 2.35.